The molecule has 0 spiro atoms. The van der Waals surface area contributed by atoms with Gasteiger partial charge < -0.3 is 18.4 Å². The first-order chi connectivity index (χ1) is 61.6. The Morgan fingerprint density at radius 3 is 0.595 bits per heavy atom. The second-order valence-electron chi connectivity index (χ2n) is 28.7. The number of nitrogens with zero attached hydrogens (tertiary/aromatic N) is 8. The van der Waals surface area contributed by atoms with E-state index in [0.29, 0.717) is 37.4 Å². The largest absolute Gasteiger partial charge is 0.255 e. The summed E-state index contributed by atoms with van der Waals surface area (Å²) >= 11 is 0. The Morgan fingerprint density at radius 1 is 0.260 bits per heavy atom. The first-order valence-electron chi connectivity index (χ1n) is 40.3. The van der Waals surface area contributed by atoms with Crippen LogP contribution in [0.15, 0.2) is 369 Å². The van der Waals surface area contributed by atoms with Crippen molar-refractivity contribution in [3.8, 4) is 92.9 Å². The minimum Gasteiger partial charge on any atom is -0.255 e. The predicted octanol–water partition coefficient (Wildman–Crippen LogP) is 25.1. The molecular weight excluding hydrogens is 1880 g/mol. The summed E-state index contributed by atoms with van der Waals surface area (Å²) in [4.78, 5) is 57.2. The average Bonchev–Trinajstić information content (AvgIpc) is 0.788. The zero-order valence-electron chi connectivity index (χ0n) is 71.8. The third-order valence-corrected chi connectivity index (χ3v) is 33.4. The third kappa shape index (κ3) is 39.4. The molecule has 0 atom stereocenters. The first-order valence-corrected chi connectivity index (χ1v) is 53.8. The van der Waals surface area contributed by atoms with Gasteiger partial charge in [0.1, 0.15) is 0 Å². The van der Waals surface area contributed by atoms with E-state index in [1.807, 2.05) is 208 Å². The standard InChI is InChI=1S/C42H44N2O2Si2.C38H36N2O2Si2.2C10H8N2.2F6P.Ru/c1-7-29-47(30-8-2,45-11-5)39-23-17-35(18-24-39)13-15-37-21-27-41(43-33-37)42-28-22-38(34-44-42)16-14-36-19-25-40(26-20-36)48(31-9-3,32-10-4)46-12-6;1-5-25-43(41,26-6-2)35-19-13-31(14-20-35)9-11-33-17-23-37(39-29-33)38-24-18-34(30-40-38)12-10-32-15-21-36(22-16-32)44(42,27-7-3)28-8-4;2*1-3-7-11-9(5-1)10-6-2-4-8-12-10;2*1-7(2,3,4,5)6;/h7-10,17-28,33-34H,1-4,11-12,29-32H2,5-6H3;5-8,13-24,29-30,41-42H,1-4,25-28H2;2*1-8H;;;/q;;;;2*-1;. The number of aromatic nitrogens is 8. The van der Waals surface area contributed by atoms with Crippen molar-refractivity contribution in [2.75, 3.05) is 13.2 Å². The third-order valence-electron chi connectivity index (χ3n) is 18.5. The van der Waals surface area contributed by atoms with E-state index in [1.54, 1.807) is 73.9 Å². The van der Waals surface area contributed by atoms with Crippen LogP contribution in [0.25, 0.3) is 45.6 Å². The minimum absolute atomic E-state index is 0. The summed E-state index contributed by atoms with van der Waals surface area (Å²) in [5, 5.41) is 4.36. The van der Waals surface area contributed by atoms with Gasteiger partial charge in [0.25, 0.3) is 0 Å². The molecule has 0 unspecified atom stereocenters. The number of pyridine rings is 8. The van der Waals surface area contributed by atoms with Gasteiger partial charge in [-0.2, -0.15) is 0 Å². The van der Waals surface area contributed by atoms with Crippen LogP contribution in [-0.4, -0.2) is 95.9 Å². The van der Waals surface area contributed by atoms with Gasteiger partial charge in [0.15, 0.2) is 0 Å². The van der Waals surface area contributed by atoms with E-state index in [4.69, 9.17) is 8.85 Å². The van der Waals surface area contributed by atoms with Gasteiger partial charge in [0, 0.05) is 127 Å². The summed E-state index contributed by atoms with van der Waals surface area (Å²) in [5.41, 5.74) is 13.6. The molecule has 0 saturated carbocycles. The maximum absolute atomic E-state index is 11.1. The monoisotopic (exact) mass is 1980 g/mol. The summed E-state index contributed by atoms with van der Waals surface area (Å²) in [5.74, 6) is 25.6. The Kier molecular flexibility index (Phi) is 39.7. The summed E-state index contributed by atoms with van der Waals surface area (Å²) in [6, 6.07) is 76.8. The van der Waals surface area contributed by atoms with Gasteiger partial charge in [0.05, 0.1) is 45.6 Å². The Bertz CT molecular complexity index is 5520. The van der Waals surface area contributed by atoms with Crippen molar-refractivity contribution < 1.29 is 88.3 Å². The summed E-state index contributed by atoms with van der Waals surface area (Å²) in [7, 11) is -30.9. The summed E-state index contributed by atoms with van der Waals surface area (Å²) in [6.45, 7) is 36.4. The van der Waals surface area contributed by atoms with Crippen molar-refractivity contribution in [3.63, 3.8) is 0 Å². The van der Waals surface area contributed by atoms with E-state index in [2.05, 4.69) is 188 Å². The zero-order valence-corrected chi connectivity index (χ0v) is 79.3. The van der Waals surface area contributed by atoms with Gasteiger partial charge in [0.2, 0.25) is 33.3 Å². The van der Waals surface area contributed by atoms with Crippen LogP contribution < -0.4 is 20.7 Å². The Hall–Kier alpha value is -12.4. The van der Waals surface area contributed by atoms with Crippen molar-refractivity contribution in [3.05, 3.63) is 414 Å². The fourth-order valence-electron chi connectivity index (χ4n) is 12.7. The van der Waals surface area contributed by atoms with Gasteiger partial charge in [-0.3, -0.25) is 39.9 Å². The molecule has 0 fully saturated rings. The molecule has 131 heavy (non-hydrogen) atoms. The molecule has 0 aliphatic rings. The zero-order chi connectivity index (χ0) is 94.9. The van der Waals surface area contributed by atoms with Gasteiger partial charge in [-0.15, -0.1) is 52.6 Å². The molecule has 0 aliphatic carbocycles. The first kappa shape index (κ1) is 107. The topological polar surface area (TPSA) is 162 Å². The minimum atomic E-state index is -10.7. The quantitative estimate of drug-likeness (QED) is 0.0157. The van der Waals surface area contributed by atoms with Crippen LogP contribution in [0.2, 0.25) is 48.4 Å². The second kappa shape index (κ2) is 48.5. The number of rotatable bonds is 28. The molecule has 0 aliphatic heterocycles. The van der Waals surface area contributed by atoms with Crippen LogP contribution in [0.3, 0.4) is 0 Å². The second-order valence-corrected chi connectivity index (χ2v) is 46.8. The van der Waals surface area contributed by atoms with Crippen molar-refractivity contribution in [2.45, 2.75) is 62.2 Å². The van der Waals surface area contributed by atoms with Crippen molar-refractivity contribution in [1.29, 1.82) is 0 Å². The fourth-order valence-corrected chi connectivity index (χ4v) is 24.0. The smallest absolute Gasteiger partial charge is 0.0886 e. The van der Waals surface area contributed by atoms with Crippen LogP contribution in [0.5, 0.6) is 0 Å². The molecule has 0 saturated heterocycles. The fraction of sp³-hybridized carbons (Fsp3) is 0.120. The van der Waals surface area contributed by atoms with E-state index in [-0.39, 0.29) is 19.5 Å². The molecule has 12 nitrogen and oxygen atoms in total. The number of halogens is 12. The van der Waals surface area contributed by atoms with Gasteiger partial charge in [-0.25, -0.2) is 0 Å². The van der Waals surface area contributed by atoms with Crippen LogP contribution >= 0.6 is 15.6 Å². The van der Waals surface area contributed by atoms with Crippen molar-refractivity contribution >= 4 is 69.6 Å². The Labute approximate surface area is 774 Å². The molecule has 0 radical (unpaired) electrons. The number of hydrogen-bond donors (Lipinski definition) is 2. The maximum Gasteiger partial charge on any atom is 0.0886 e. The molecule has 8 heterocycles. The molecule has 8 aromatic heterocycles. The van der Waals surface area contributed by atoms with Crippen molar-refractivity contribution in [1.82, 2.24) is 39.9 Å². The van der Waals surface area contributed by atoms with Crippen LogP contribution in [0.4, 0.5) is 50.4 Å². The Morgan fingerprint density at radius 2 is 0.435 bits per heavy atom. The summed E-state index contributed by atoms with van der Waals surface area (Å²) < 4.78 is 131. The number of allylic oxidation sites excluding steroid dienone is 8. The molecular formula is C100H96F12N8O4P2RuSi4-2. The molecule has 680 valence electrons. The summed E-state index contributed by atoms with van der Waals surface area (Å²) in [6.07, 6.45) is 29.1. The van der Waals surface area contributed by atoms with Gasteiger partial charge in [-0.05, 0) is 229 Å². The molecule has 2 N–H and O–H groups in total. The van der Waals surface area contributed by atoms with E-state index in [1.165, 1.54) is 10.4 Å². The molecule has 0 amide bonds. The normalized spacial score (nSPS) is 11.9. The molecule has 12 rings (SSSR count). The number of hydrogen-bond acceptors (Lipinski definition) is 12. The number of benzene rings is 4. The van der Waals surface area contributed by atoms with E-state index >= 15 is 0 Å². The van der Waals surface area contributed by atoms with Crippen LogP contribution in [-0.2, 0) is 28.3 Å². The molecule has 31 heteroatoms. The molecule has 0 bridgehead atoms. The van der Waals surface area contributed by atoms with E-state index < -0.39 is 48.9 Å². The van der Waals surface area contributed by atoms with Gasteiger partial charge in [-0.1, -0.05) is 169 Å². The van der Waals surface area contributed by atoms with E-state index in [0.717, 1.165) is 125 Å². The maximum atomic E-state index is 11.1. The predicted molar refractivity (Wildman–Crippen MR) is 516 cm³/mol. The molecule has 4 aromatic carbocycles. The van der Waals surface area contributed by atoms with Crippen molar-refractivity contribution in [2.24, 2.45) is 0 Å². The SMILES string of the molecule is C=CC[Si](CC=C)(OCC)c1ccc(C#Cc2ccc(-c3ccc(C#Cc4ccc([Si](CC=C)(CC=C)OCC)cc4)cn3)nc2)cc1.C=CC[Si](O)(CC=C)c1ccc(C#Cc2ccc(-c3ccc(C#Cc4ccc([Si](O)(CC=C)CC=C)cc4)cn3)nc2)cc1.F[P-](F)(F)(F)(F)F.F[P-](F)(F)(F)(F)F.[Ru].c1ccc(-c2ccccn2)nc1.c1ccc(-c2ccccn2)nc1. The Balaban J connectivity index is 0.000000286. The van der Waals surface area contributed by atoms with Crippen LogP contribution in [0, 0.1) is 47.4 Å². The van der Waals surface area contributed by atoms with Gasteiger partial charge >= 0.3 is 66.0 Å². The molecule has 12 aromatic rings. The van der Waals surface area contributed by atoms with E-state index in [9.17, 15) is 60.0 Å². The average molecular weight is 1980 g/mol. The van der Waals surface area contributed by atoms with Crippen LogP contribution in [0.1, 0.15) is 58.4 Å².